The average molecular weight is 290 g/mol. The molecule has 1 aromatic carbocycles. The second kappa shape index (κ2) is 5.58. The van der Waals surface area contributed by atoms with E-state index >= 15 is 0 Å². The maximum absolute atomic E-state index is 6.09. The minimum Gasteiger partial charge on any atom is -0.317 e. The van der Waals surface area contributed by atoms with Crippen LogP contribution in [-0.2, 0) is 0 Å². The lowest BCUT2D eigenvalue weighted by molar-refractivity contribution is 0.458. The summed E-state index contributed by atoms with van der Waals surface area (Å²) in [5.74, 6) is 0.629. The second-order valence-corrected chi connectivity index (χ2v) is 5.94. The van der Waals surface area contributed by atoms with Gasteiger partial charge < -0.3 is 5.32 Å². The zero-order valence-corrected chi connectivity index (χ0v) is 12.7. The first-order valence-corrected chi connectivity index (χ1v) is 7.57. The Morgan fingerprint density at radius 3 is 2.70 bits per heavy atom. The van der Waals surface area contributed by atoms with Crippen LogP contribution in [0.1, 0.15) is 35.7 Å². The van der Waals surface area contributed by atoms with Gasteiger partial charge in [-0.15, -0.1) is 0 Å². The summed E-state index contributed by atoms with van der Waals surface area (Å²) in [6.07, 6.45) is 2.39. The normalized spacial score (nSPS) is 16.6. The molecule has 106 valence electrons. The molecule has 0 spiro atoms. The molecule has 3 rings (SSSR count). The topological polar surface area (TPSA) is 29.9 Å². The predicted molar refractivity (Wildman–Crippen MR) is 82.9 cm³/mol. The molecule has 20 heavy (non-hydrogen) atoms. The predicted octanol–water partition coefficient (Wildman–Crippen LogP) is 3.61. The van der Waals surface area contributed by atoms with E-state index in [1.54, 1.807) is 0 Å². The first kappa shape index (κ1) is 13.7. The molecule has 0 bridgehead atoms. The molecule has 1 fully saturated rings. The molecular weight excluding hydrogens is 270 g/mol. The molecule has 0 amide bonds. The standard InChI is InChI=1S/C16H20ClN3/c1-11-16(13-6-8-18-9-7-13)12(2)20(19-11)15-5-3-4-14(17)10-15/h3-5,10,13,18H,6-9H2,1-2H3. The fraction of sp³-hybridized carbons (Fsp3) is 0.438. The van der Waals surface area contributed by atoms with Crippen LogP contribution in [0.4, 0.5) is 0 Å². The van der Waals surface area contributed by atoms with E-state index in [0.717, 1.165) is 29.5 Å². The van der Waals surface area contributed by atoms with Crippen LogP contribution in [0.5, 0.6) is 0 Å². The van der Waals surface area contributed by atoms with Crippen LogP contribution in [0.25, 0.3) is 5.69 Å². The zero-order chi connectivity index (χ0) is 14.1. The minimum absolute atomic E-state index is 0.629. The van der Waals surface area contributed by atoms with Crippen LogP contribution in [0.3, 0.4) is 0 Å². The van der Waals surface area contributed by atoms with Crippen LogP contribution in [0, 0.1) is 13.8 Å². The highest BCUT2D eigenvalue weighted by Crippen LogP contribution is 2.31. The number of piperidine rings is 1. The van der Waals surface area contributed by atoms with Gasteiger partial charge in [-0.25, -0.2) is 4.68 Å². The van der Waals surface area contributed by atoms with Crippen molar-refractivity contribution >= 4 is 11.6 Å². The molecule has 0 radical (unpaired) electrons. The Morgan fingerprint density at radius 1 is 1.25 bits per heavy atom. The van der Waals surface area contributed by atoms with Crippen LogP contribution in [0.2, 0.25) is 5.02 Å². The lowest BCUT2D eigenvalue weighted by Gasteiger charge is -2.23. The highest BCUT2D eigenvalue weighted by atomic mass is 35.5. The lowest BCUT2D eigenvalue weighted by atomic mass is 9.89. The monoisotopic (exact) mass is 289 g/mol. The third kappa shape index (κ3) is 2.48. The summed E-state index contributed by atoms with van der Waals surface area (Å²) in [4.78, 5) is 0. The Kier molecular flexibility index (Phi) is 3.81. The first-order chi connectivity index (χ1) is 9.66. The van der Waals surface area contributed by atoms with Crippen molar-refractivity contribution in [3.8, 4) is 5.69 Å². The number of aromatic nitrogens is 2. The van der Waals surface area contributed by atoms with E-state index in [1.165, 1.54) is 24.1 Å². The van der Waals surface area contributed by atoms with Gasteiger partial charge >= 0.3 is 0 Å². The van der Waals surface area contributed by atoms with Gasteiger partial charge in [-0.3, -0.25) is 0 Å². The molecule has 1 aromatic heterocycles. The van der Waals surface area contributed by atoms with Gasteiger partial charge in [0.05, 0.1) is 11.4 Å². The number of aryl methyl sites for hydroxylation is 1. The number of hydrogen-bond acceptors (Lipinski definition) is 2. The van der Waals surface area contributed by atoms with Crippen molar-refractivity contribution in [3.05, 3.63) is 46.2 Å². The third-order valence-electron chi connectivity index (χ3n) is 4.15. The number of benzene rings is 1. The van der Waals surface area contributed by atoms with Gasteiger partial charge in [0, 0.05) is 10.7 Å². The van der Waals surface area contributed by atoms with Gasteiger partial charge in [0.1, 0.15) is 0 Å². The largest absolute Gasteiger partial charge is 0.317 e. The number of hydrogen-bond donors (Lipinski definition) is 1. The molecular formula is C16H20ClN3. The molecule has 1 aliphatic heterocycles. The highest BCUT2D eigenvalue weighted by Gasteiger charge is 2.23. The summed E-state index contributed by atoms with van der Waals surface area (Å²) in [5.41, 5.74) is 4.86. The fourth-order valence-electron chi connectivity index (χ4n) is 3.22. The van der Waals surface area contributed by atoms with Gasteiger partial charge in [-0.2, -0.15) is 5.10 Å². The van der Waals surface area contributed by atoms with E-state index < -0.39 is 0 Å². The second-order valence-electron chi connectivity index (χ2n) is 5.50. The van der Waals surface area contributed by atoms with E-state index in [2.05, 4.69) is 25.2 Å². The van der Waals surface area contributed by atoms with Gasteiger partial charge in [0.15, 0.2) is 0 Å². The third-order valence-corrected chi connectivity index (χ3v) is 4.38. The van der Waals surface area contributed by atoms with Gasteiger partial charge in [0.25, 0.3) is 0 Å². The quantitative estimate of drug-likeness (QED) is 0.915. The molecule has 4 heteroatoms. The molecule has 0 saturated carbocycles. The molecule has 2 aromatic rings. The number of nitrogens with one attached hydrogen (secondary N) is 1. The van der Waals surface area contributed by atoms with E-state index in [-0.39, 0.29) is 0 Å². The SMILES string of the molecule is Cc1nn(-c2cccc(Cl)c2)c(C)c1C1CCNCC1. The number of halogens is 1. The summed E-state index contributed by atoms with van der Waals surface area (Å²) in [5, 5.41) is 8.91. The van der Waals surface area contributed by atoms with Crippen molar-refractivity contribution in [1.29, 1.82) is 0 Å². The van der Waals surface area contributed by atoms with Gasteiger partial charge in [-0.05, 0) is 69.5 Å². The molecule has 1 saturated heterocycles. The maximum Gasteiger partial charge on any atom is 0.0663 e. The van der Waals surface area contributed by atoms with Crippen LogP contribution >= 0.6 is 11.6 Å². The molecule has 1 N–H and O–H groups in total. The molecule has 1 aliphatic rings. The Morgan fingerprint density at radius 2 is 2.00 bits per heavy atom. The molecule has 0 aliphatic carbocycles. The van der Waals surface area contributed by atoms with Crippen LogP contribution < -0.4 is 5.32 Å². The Bertz CT molecular complexity index is 612. The van der Waals surface area contributed by atoms with Crippen molar-refractivity contribution in [2.24, 2.45) is 0 Å². The van der Waals surface area contributed by atoms with E-state index in [4.69, 9.17) is 16.7 Å². The Hall–Kier alpha value is -1.32. The van der Waals surface area contributed by atoms with E-state index in [1.807, 2.05) is 22.9 Å². The van der Waals surface area contributed by atoms with E-state index in [9.17, 15) is 0 Å². The summed E-state index contributed by atoms with van der Waals surface area (Å²) in [6, 6.07) is 7.88. The summed E-state index contributed by atoms with van der Waals surface area (Å²) >= 11 is 6.09. The Balaban J connectivity index is 2.02. The minimum atomic E-state index is 0.629. The van der Waals surface area contributed by atoms with Crippen LogP contribution in [0.15, 0.2) is 24.3 Å². The molecule has 2 heterocycles. The first-order valence-electron chi connectivity index (χ1n) is 7.19. The highest BCUT2D eigenvalue weighted by molar-refractivity contribution is 6.30. The van der Waals surface area contributed by atoms with Crippen LogP contribution in [-0.4, -0.2) is 22.9 Å². The van der Waals surface area contributed by atoms with Gasteiger partial charge in [-0.1, -0.05) is 17.7 Å². The van der Waals surface area contributed by atoms with Crippen molar-refractivity contribution < 1.29 is 0 Å². The number of rotatable bonds is 2. The zero-order valence-electron chi connectivity index (χ0n) is 12.0. The van der Waals surface area contributed by atoms with E-state index in [0.29, 0.717) is 5.92 Å². The van der Waals surface area contributed by atoms with Crippen molar-refractivity contribution in [2.45, 2.75) is 32.6 Å². The number of nitrogens with zero attached hydrogens (tertiary/aromatic N) is 2. The Labute approximate surface area is 124 Å². The van der Waals surface area contributed by atoms with Gasteiger partial charge in [0.2, 0.25) is 0 Å². The lowest BCUT2D eigenvalue weighted by Crippen LogP contribution is -2.27. The maximum atomic E-state index is 6.09. The molecule has 0 atom stereocenters. The van der Waals surface area contributed by atoms with Crippen molar-refractivity contribution in [1.82, 2.24) is 15.1 Å². The molecule has 0 unspecified atom stereocenters. The summed E-state index contributed by atoms with van der Waals surface area (Å²) in [7, 11) is 0. The molecule has 3 nitrogen and oxygen atoms in total. The smallest absolute Gasteiger partial charge is 0.0663 e. The van der Waals surface area contributed by atoms with Crippen molar-refractivity contribution in [3.63, 3.8) is 0 Å². The summed E-state index contributed by atoms with van der Waals surface area (Å²) < 4.78 is 2.03. The average Bonchev–Trinajstić information content (AvgIpc) is 2.75. The fourth-order valence-corrected chi connectivity index (χ4v) is 3.40. The van der Waals surface area contributed by atoms with Crippen molar-refractivity contribution in [2.75, 3.05) is 13.1 Å². The summed E-state index contributed by atoms with van der Waals surface area (Å²) in [6.45, 7) is 6.49.